The minimum atomic E-state index is -0.939. The number of benzene rings is 1. The molecule has 0 aliphatic heterocycles. The van der Waals surface area contributed by atoms with Gasteiger partial charge in [0.1, 0.15) is 0 Å². The fraction of sp³-hybridized carbons (Fsp3) is 0.125. The van der Waals surface area contributed by atoms with Gasteiger partial charge in [0.05, 0.1) is 0 Å². The summed E-state index contributed by atoms with van der Waals surface area (Å²) in [6.07, 6.45) is 0. The SMILES string of the molecule is C[N-]c1ccccc1C(=O)O.[Li+]. The molecular formula is C8H8LiNO2. The zero-order chi connectivity index (χ0) is 8.27. The number of hydrogen-bond donors (Lipinski definition) is 1. The van der Waals surface area contributed by atoms with Gasteiger partial charge in [-0.1, -0.05) is 18.2 Å². The fourth-order valence-corrected chi connectivity index (χ4v) is 0.849. The van der Waals surface area contributed by atoms with Gasteiger partial charge in [-0.15, -0.1) is 12.7 Å². The molecule has 0 aromatic heterocycles. The Balaban J connectivity index is 0.00000121. The van der Waals surface area contributed by atoms with E-state index in [2.05, 4.69) is 5.32 Å². The quantitative estimate of drug-likeness (QED) is 0.561. The summed E-state index contributed by atoms with van der Waals surface area (Å²) >= 11 is 0. The molecule has 1 aromatic rings. The van der Waals surface area contributed by atoms with Crippen LogP contribution in [0.5, 0.6) is 0 Å². The van der Waals surface area contributed by atoms with Crippen molar-refractivity contribution in [3.05, 3.63) is 35.1 Å². The van der Waals surface area contributed by atoms with Crippen LogP contribution in [0.2, 0.25) is 0 Å². The summed E-state index contributed by atoms with van der Waals surface area (Å²) in [6, 6.07) is 6.64. The summed E-state index contributed by atoms with van der Waals surface area (Å²) in [5, 5.41) is 12.4. The van der Waals surface area contributed by atoms with Gasteiger partial charge in [0.2, 0.25) is 0 Å². The van der Waals surface area contributed by atoms with Crippen LogP contribution in [0.4, 0.5) is 5.69 Å². The van der Waals surface area contributed by atoms with Crippen molar-refractivity contribution in [2.75, 3.05) is 7.05 Å². The van der Waals surface area contributed by atoms with Crippen LogP contribution in [0.3, 0.4) is 0 Å². The molecule has 0 radical (unpaired) electrons. The van der Waals surface area contributed by atoms with E-state index in [4.69, 9.17) is 5.11 Å². The third-order valence-electron chi connectivity index (χ3n) is 1.38. The molecule has 12 heavy (non-hydrogen) atoms. The number of aromatic carboxylic acids is 1. The standard InChI is InChI=1S/C8H8NO2.Li/c1-9-7-5-3-2-4-6(7)8(10)11;/h2-5H,1H3,(H,10,11);/q-1;+1. The first kappa shape index (κ1) is 11.1. The van der Waals surface area contributed by atoms with Crippen molar-refractivity contribution in [1.82, 2.24) is 0 Å². The summed E-state index contributed by atoms with van der Waals surface area (Å²) in [7, 11) is 1.57. The summed E-state index contributed by atoms with van der Waals surface area (Å²) in [5.74, 6) is -0.939. The van der Waals surface area contributed by atoms with Crippen molar-refractivity contribution >= 4 is 11.7 Å². The Morgan fingerprint density at radius 2 is 2.00 bits per heavy atom. The maximum atomic E-state index is 10.5. The van der Waals surface area contributed by atoms with E-state index >= 15 is 0 Å². The zero-order valence-corrected chi connectivity index (χ0v) is 7.11. The van der Waals surface area contributed by atoms with Gasteiger partial charge in [0.25, 0.3) is 0 Å². The third-order valence-corrected chi connectivity index (χ3v) is 1.38. The molecule has 1 rings (SSSR count). The van der Waals surface area contributed by atoms with Crippen LogP contribution in [-0.4, -0.2) is 18.1 Å². The van der Waals surface area contributed by atoms with E-state index in [-0.39, 0.29) is 24.4 Å². The predicted molar refractivity (Wildman–Crippen MR) is 42.3 cm³/mol. The van der Waals surface area contributed by atoms with Gasteiger partial charge >= 0.3 is 24.8 Å². The minimum absolute atomic E-state index is 0. The second-order valence-corrected chi connectivity index (χ2v) is 2.05. The Morgan fingerprint density at radius 1 is 1.42 bits per heavy atom. The van der Waals surface area contributed by atoms with Gasteiger partial charge in [0, 0.05) is 5.56 Å². The monoisotopic (exact) mass is 157 g/mol. The van der Waals surface area contributed by atoms with E-state index in [1.807, 2.05) is 0 Å². The van der Waals surface area contributed by atoms with Crippen LogP contribution in [0.25, 0.3) is 5.32 Å². The molecule has 0 aliphatic carbocycles. The summed E-state index contributed by atoms with van der Waals surface area (Å²) in [6.45, 7) is 0. The van der Waals surface area contributed by atoms with Crippen molar-refractivity contribution in [3.63, 3.8) is 0 Å². The zero-order valence-electron chi connectivity index (χ0n) is 7.11. The first-order valence-electron chi connectivity index (χ1n) is 3.18. The average molecular weight is 157 g/mol. The van der Waals surface area contributed by atoms with Crippen molar-refractivity contribution in [3.8, 4) is 0 Å². The first-order chi connectivity index (χ1) is 5.25. The van der Waals surface area contributed by atoms with Gasteiger partial charge < -0.3 is 10.4 Å². The number of carboxylic acid groups (broad SMARTS) is 1. The Labute approximate surface area is 83.0 Å². The van der Waals surface area contributed by atoms with Crippen molar-refractivity contribution < 1.29 is 28.8 Å². The normalized spacial score (nSPS) is 8.42. The minimum Gasteiger partial charge on any atom is -0.686 e. The molecule has 0 bridgehead atoms. The Morgan fingerprint density at radius 3 is 2.42 bits per heavy atom. The van der Waals surface area contributed by atoms with E-state index in [0.717, 1.165) is 0 Å². The molecule has 4 heteroatoms. The Bertz CT molecular complexity index is 276. The molecule has 0 unspecified atom stereocenters. The smallest absolute Gasteiger partial charge is 0.686 e. The van der Waals surface area contributed by atoms with E-state index in [0.29, 0.717) is 5.69 Å². The molecule has 0 saturated heterocycles. The number of carboxylic acids is 1. The fourth-order valence-electron chi connectivity index (χ4n) is 0.849. The van der Waals surface area contributed by atoms with Crippen molar-refractivity contribution in [1.29, 1.82) is 0 Å². The Hall–Kier alpha value is -0.913. The second kappa shape index (κ2) is 4.86. The third kappa shape index (κ3) is 2.30. The largest absolute Gasteiger partial charge is 1.00 e. The molecule has 0 spiro atoms. The second-order valence-electron chi connectivity index (χ2n) is 2.05. The van der Waals surface area contributed by atoms with Crippen LogP contribution in [-0.2, 0) is 0 Å². The van der Waals surface area contributed by atoms with Gasteiger partial charge in [-0.25, -0.2) is 4.79 Å². The predicted octanol–water partition coefficient (Wildman–Crippen LogP) is -0.976. The number of hydrogen-bond acceptors (Lipinski definition) is 1. The van der Waals surface area contributed by atoms with Gasteiger partial charge in [-0.2, -0.15) is 0 Å². The molecular weight excluding hydrogens is 149 g/mol. The molecule has 3 nitrogen and oxygen atoms in total. The van der Waals surface area contributed by atoms with Crippen LogP contribution < -0.4 is 18.9 Å². The molecule has 1 aromatic carbocycles. The van der Waals surface area contributed by atoms with Crippen LogP contribution in [0.15, 0.2) is 24.3 Å². The molecule has 0 amide bonds. The molecule has 58 valence electrons. The molecule has 0 aliphatic rings. The van der Waals surface area contributed by atoms with Crippen molar-refractivity contribution in [2.24, 2.45) is 0 Å². The molecule has 1 N–H and O–H groups in total. The number of carbonyl (C=O) groups is 1. The van der Waals surface area contributed by atoms with Crippen LogP contribution >= 0.6 is 0 Å². The van der Waals surface area contributed by atoms with Gasteiger partial charge in [-0.3, -0.25) is 0 Å². The van der Waals surface area contributed by atoms with E-state index in [1.165, 1.54) is 6.07 Å². The summed E-state index contributed by atoms with van der Waals surface area (Å²) in [5.41, 5.74) is 0.759. The molecule has 0 heterocycles. The number of rotatable bonds is 2. The first-order valence-corrected chi connectivity index (χ1v) is 3.18. The molecule has 0 saturated carbocycles. The van der Waals surface area contributed by atoms with Crippen molar-refractivity contribution in [2.45, 2.75) is 0 Å². The number of para-hydroxylation sites is 1. The summed E-state index contributed by atoms with van der Waals surface area (Å²) in [4.78, 5) is 10.5. The van der Waals surface area contributed by atoms with Crippen LogP contribution in [0, 0.1) is 0 Å². The van der Waals surface area contributed by atoms with Gasteiger partial charge in [-0.05, 0) is 6.07 Å². The Kier molecular flexibility index (Phi) is 4.49. The van der Waals surface area contributed by atoms with Crippen LogP contribution in [0.1, 0.15) is 10.4 Å². The maximum absolute atomic E-state index is 10.5. The number of nitrogens with zero attached hydrogens (tertiary/aromatic N) is 1. The topological polar surface area (TPSA) is 51.4 Å². The van der Waals surface area contributed by atoms with E-state index in [1.54, 1.807) is 25.2 Å². The molecule has 0 atom stereocenters. The molecule has 0 fully saturated rings. The van der Waals surface area contributed by atoms with E-state index < -0.39 is 5.97 Å². The average Bonchev–Trinajstić information content (AvgIpc) is 2.04. The summed E-state index contributed by atoms with van der Waals surface area (Å²) < 4.78 is 0. The van der Waals surface area contributed by atoms with E-state index in [9.17, 15) is 4.79 Å². The maximum Gasteiger partial charge on any atom is 1.00 e. The van der Waals surface area contributed by atoms with Gasteiger partial charge in [0.15, 0.2) is 0 Å².